The summed E-state index contributed by atoms with van der Waals surface area (Å²) in [4.78, 5) is 27.7. The van der Waals surface area contributed by atoms with Crippen molar-refractivity contribution in [3.05, 3.63) is 118 Å². The fourth-order valence-electron chi connectivity index (χ4n) is 4.01. The number of rotatable bonds is 6. The number of amides is 2. The molecule has 0 saturated carbocycles. The predicted molar refractivity (Wildman–Crippen MR) is 137 cm³/mol. The highest BCUT2D eigenvalue weighted by Crippen LogP contribution is 2.37. The number of benzene rings is 4. The van der Waals surface area contributed by atoms with E-state index in [9.17, 15) is 9.59 Å². The summed E-state index contributed by atoms with van der Waals surface area (Å²) in [5.74, 6) is 0.397. The zero-order valence-electron chi connectivity index (χ0n) is 18.7. The van der Waals surface area contributed by atoms with Crippen molar-refractivity contribution < 1.29 is 14.3 Å². The minimum atomic E-state index is -0.278. The molecule has 0 spiro atoms. The van der Waals surface area contributed by atoms with Gasteiger partial charge in [-0.1, -0.05) is 84.9 Å². The van der Waals surface area contributed by atoms with Crippen LogP contribution in [0.1, 0.15) is 22.3 Å². The first-order valence-corrected chi connectivity index (χ1v) is 11.9. The van der Waals surface area contributed by atoms with Gasteiger partial charge in [0.05, 0.1) is 11.4 Å². The van der Waals surface area contributed by atoms with Crippen LogP contribution < -0.4 is 4.74 Å². The Labute approximate surface area is 202 Å². The fourth-order valence-corrected chi connectivity index (χ4v) is 4.83. The molecule has 0 N–H and O–H groups in total. The minimum Gasteiger partial charge on any atom is -0.488 e. The molecule has 5 rings (SSSR count). The number of hydrogen-bond acceptors (Lipinski definition) is 4. The average molecular weight is 466 g/mol. The zero-order valence-corrected chi connectivity index (χ0v) is 19.5. The van der Waals surface area contributed by atoms with Gasteiger partial charge < -0.3 is 4.74 Å². The molecule has 5 heteroatoms. The number of hydrogen-bond donors (Lipinski definition) is 0. The van der Waals surface area contributed by atoms with Gasteiger partial charge in [0.15, 0.2) is 0 Å². The van der Waals surface area contributed by atoms with Gasteiger partial charge in [0.1, 0.15) is 12.4 Å². The van der Waals surface area contributed by atoms with E-state index in [0.717, 1.165) is 44.8 Å². The summed E-state index contributed by atoms with van der Waals surface area (Å²) in [6, 6.07) is 29.7. The summed E-state index contributed by atoms with van der Waals surface area (Å²) >= 11 is 0.976. The largest absolute Gasteiger partial charge is 0.488 e. The van der Waals surface area contributed by atoms with Crippen molar-refractivity contribution in [3.8, 4) is 5.75 Å². The number of fused-ring (bicyclic) bond motifs is 1. The molecule has 0 atom stereocenters. The number of aryl methyl sites for hydroxylation is 1. The number of carbonyl (C=O) groups excluding carboxylic acids is 2. The lowest BCUT2D eigenvalue weighted by Crippen LogP contribution is -2.27. The first-order chi connectivity index (χ1) is 16.6. The average Bonchev–Trinajstić information content (AvgIpc) is 3.13. The van der Waals surface area contributed by atoms with Gasteiger partial charge in [-0.25, -0.2) is 0 Å². The molecule has 0 bridgehead atoms. The third-order valence-corrected chi connectivity index (χ3v) is 6.81. The van der Waals surface area contributed by atoms with Crippen molar-refractivity contribution in [2.24, 2.45) is 0 Å². The standard InChI is InChI=1S/C29H23NO3S/c1-20-9-5-6-13-23(20)18-30-28(31)27(34-29(30)32)17-25-24-14-8-7-12-22(24)15-16-26(25)33-19-21-10-3-2-4-11-21/h2-17H,18-19H2,1H3/b27-17-. The van der Waals surface area contributed by atoms with Gasteiger partial charge in [-0.05, 0) is 58.3 Å². The van der Waals surface area contributed by atoms with Crippen molar-refractivity contribution in [1.29, 1.82) is 0 Å². The second-order valence-electron chi connectivity index (χ2n) is 8.17. The Balaban J connectivity index is 1.49. The number of ether oxygens (including phenoxy) is 1. The highest BCUT2D eigenvalue weighted by Gasteiger charge is 2.35. The monoisotopic (exact) mass is 465 g/mol. The molecular weight excluding hydrogens is 442 g/mol. The number of nitrogens with zero attached hydrogens (tertiary/aromatic N) is 1. The van der Waals surface area contributed by atoms with Gasteiger partial charge in [-0.2, -0.15) is 0 Å². The van der Waals surface area contributed by atoms with E-state index < -0.39 is 0 Å². The summed E-state index contributed by atoms with van der Waals surface area (Å²) in [5.41, 5.74) is 3.87. The molecule has 4 nitrogen and oxygen atoms in total. The Kier molecular flexibility index (Phi) is 6.19. The van der Waals surface area contributed by atoms with E-state index in [2.05, 4.69) is 0 Å². The molecule has 0 radical (unpaired) electrons. The van der Waals surface area contributed by atoms with E-state index in [4.69, 9.17) is 4.74 Å². The molecule has 0 aliphatic carbocycles. The molecule has 1 saturated heterocycles. The van der Waals surface area contributed by atoms with Crippen LogP contribution in [0.2, 0.25) is 0 Å². The first-order valence-electron chi connectivity index (χ1n) is 11.1. The van der Waals surface area contributed by atoms with Crippen LogP contribution in [0.15, 0.2) is 95.9 Å². The number of carbonyl (C=O) groups is 2. The summed E-state index contributed by atoms with van der Waals surface area (Å²) in [6.45, 7) is 2.66. The van der Waals surface area contributed by atoms with Gasteiger partial charge in [-0.3, -0.25) is 14.5 Å². The van der Waals surface area contributed by atoms with E-state index in [1.807, 2.05) is 97.9 Å². The number of imide groups is 1. The maximum absolute atomic E-state index is 13.2. The van der Waals surface area contributed by atoms with Crippen LogP contribution in [0.5, 0.6) is 5.75 Å². The van der Waals surface area contributed by atoms with Gasteiger partial charge in [0.25, 0.3) is 11.1 Å². The highest BCUT2D eigenvalue weighted by molar-refractivity contribution is 8.18. The van der Waals surface area contributed by atoms with Crippen molar-refractivity contribution in [1.82, 2.24) is 4.90 Å². The minimum absolute atomic E-state index is 0.258. The second-order valence-corrected chi connectivity index (χ2v) is 9.16. The van der Waals surface area contributed by atoms with E-state index in [0.29, 0.717) is 17.3 Å². The van der Waals surface area contributed by atoms with E-state index in [-0.39, 0.29) is 17.7 Å². The molecule has 1 fully saturated rings. The first kappa shape index (κ1) is 22.0. The van der Waals surface area contributed by atoms with Crippen LogP contribution in [0.25, 0.3) is 16.8 Å². The molecule has 4 aromatic rings. The Morgan fingerprint density at radius 1 is 0.853 bits per heavy atom. The third kappa shape index (κ3) is 4.47. The molecule has 168 valence electrons. The van der Waals surface area contributed by atoms with Crippen molar-refractivity contribution in [3.63, 3.8) is 0 Å². The quantitative estimate of drug-likeness (QED) is 0.289. The molecular formula is C29H23NO3S. The zero-order chi connectivity index (χ0) is 23.5. The Morgan fingerprint density at radius 2 is 1.59 bits per heavy atom. The molecule has 1 aliphatic heterocycles. The Morgan fingerprint density at radius 3 is 2.41 bits per heavy atom. The van der Waals surface area contributed by atoms with E-state index in [1.54, 1.807) is 6.08 Å². The summed E-state index contributed by atoms with van der Waals surface area (Å²) in [5, 5.41) is 1.75. The molecule has 4 aromatic carbocycles. The summed E-state index contributed by atoms with van der Waals surface area (Å²) in [7, 11) is 0. The lowest BCUT2D eigenvalue weighted by atomic mass is 10.0. The Bertz CT molecular complexity index is 1410. The third-order valence-electron chi connectivity index (χ3n) is 5.91. The normalized spacial score (nSPS) is 14.9. The van der Waals surface area contributed by atoms with Gasteiger partial charge in [0.2, 0.25) is 0 Å². The van der Waals surface area contributed by atoms with E-state index >= 15 is 0 Å². The lowest BCUT2D eigenvalue weighted by Gasteiger charge is -2.14. The fraction of sp³-hybridized carbons (Fsp3) is 0.103. The van der Waals surface area contributed by atoms with Crippen LogP contribution >= 0.6 is 11.8 Å². The topological polar surface area (TPSA) is 46.6 Å². The van der Waals surface area contributed by atoms with Crippen molar-refractivity contribution >= 4 is 39.8 Å². The lowest BCUT2D eigenvalue weighted by molar-refractivity contribution is -0.123. The summed E-state index contributed by atoms with van der Waals surface area (Å²) < 4.78 is 6.18. The maximum atomic E-state index is 13.2. The van der Waals surface area contributed by atoms with Crippen LogP contribution in [0.3, 0.4) is 0 Å². The Hall–Kier alpha value is -3.83. The van der Waals surface area contributed by atoms with Crippen LogP contribution in [0, 0.1) is 6.92 Å². The number of thioether (sulfide) groups is 1. The van der Waals surface area contributed by atoms with Crippen LogP contribution in [-0.2, 0) is 17.9 Å². The predicted octanol–water partition coefficient (Wildman–Crippen LogP) is 6.96. The molecule has 0 aromatic heterocycles. The van der Waals surface area contributed by atoms with Crippen molar-refractivity contribution in [2.45, 2.75) is 20.1 Å². The smallest absolute Gasteiger partial charge is 0.293 e. The van der Waals surface area contributed by atoms with Gasteiger partial charge >= 0.3 is 0 Å². The maximum Gasteiger partial charge on any atom is 0.293 e. The van der Waals surface area contributed by atoms with Crippen LogP contribution in [0.4, 0.5) is 4.79 Å². The second kappa shape index (κ2) is 9.57. The van der Waals surface area contributed by atoms with Gasteiger partial charge in [-0.15, -0.1) is 0 Å². The highest BCUT2D eigenvalue weighted by atomic mass is 32.2. The van der Waals surface area contributed by atoms with E-state index in [1.165, 1.54) is 4.90 Å². The van der Waals surface area contributed by atoms with Crippen LogP contribution in [-0.4, -0.2) is 16.0 Å². The SMILES string of the molecule is Cc1ccccc1CN1C(=O)S/C(=C\c2c(OCc3ccccc3)ccc3ccccc23)C1=O. The van der Waals surface area contributed by atoms with Gasteiger partial charge in [0, 0.05) is 5.56 Å². The van der Waals surface area contributed by atoms with Crippen molar-refractivity contribution in [2.75, 3.05) is 0 Å². The molecule has 1 heterocycles. The molecule has 0 unspecified atom stereocenters. The molecule has 34 heavy (non-hydrogen) atoms. The molecule has 1 aliphatic rings. The summed E-state index contributed by atoms with van der Waals surface area (Å²) in [6.07, 6.45) is 1.80. The molecule has 2 amide bonds.